The van der Waals surface area contributed by atoms with Gasteiger partial charge in [-0.3, -0.25) is 0 Å². The maximum Gasteiger partial charge on any atom is 0.165 e. The van der Waals surface area contributed by atoms with E-state index < -0.39 is 11.8 Å². The third-order valence-electron chi connectivity index (χ3n) is 8.03. The van der Waals surface area contributed by atoms with Crippen LogP contribution in [-0.2, 0) is 12.2 Å². The van der Waals surface area contributed by atoms with Crippen LogP contribution in [0.15, 0.2) is 127 Å². The summed E-state index contributed by atoms with van der Waals surface area (Å²) < 4.78 is 18.2. The van der Waals surface area contributed by atoms with Gasteiger partial charge in [-0.15, -0.1) is 0 Å². The zero-order valence-corrected chi connectivity index (χ0v) is 23.0. The number of benzene rings is 5. The maximum atomic E-state index is 12.8. The summed E-state index contributed by atoms with van der Waals surface area (Å²) in [6.45, 7) is 1.09. The van der Waals surface area contributed by atoms with Gasteiger partial charge in [-0.1, -0.05) is 109 Å². The second-order valence-corrected chi connectivity index (χ2v) is 10.6. The molecule has 7 rings (SSSR count). The third kappa shape index (κ3) is 4.45. The lowest BCUT2D eigenvalue weighted by Crippen LogP contribution is -2.47. The van der Waals surface area contributed by atoms with Gasteiger partial charge in [-0.25, -0.2) is 0 Å². The third-order valence-corrected chi connectivity index (χ3v) is 8.03. The molecule has 2 aliphatic rings. The SMILES string of the molecule is OC1N(C(c2ccccc2)c2ccccc2)c2ccccc2C1(O)c1cc2c(cc1OCc1ccccc1)OCCO2. The number of ether oxygens (including phenoxy) is 3. The number of nitrogens with zero attached hydrogens (tertiary/aromatic N) is 1. The smallest absolute Gasteiger partial charge is 0.165 e. The van der Waals surface area contributed by atoms with Crippen LogP contribution in [0.25, 0.3) is 0 Å². The molecule has 0 aliphatic carbocycles. The van der Waals surface area contributed by atoms with E-state index in [9.17, 15) is 10.2 Å². The molecule has 5 aromatic carbocycles. The minimum Gasteiger partial charge on any atom is -0.488 e. The zero-order valence-electron chi connectivity index (χ0n) is 23.0. The van der Waals surface area contributed by atoms with Crippen molar-refractivity contribution in [3.05, 3.63) is 155 Å². The predicted octanol–water partition coefficient (Wildman–Crippen LogP) is 6.20. The fourth-order valence-electron chi connectivity index (χ4n) is 6.06. The van der Waals surface area contributed by atoms with Gasteiger partial charge in [-0.2, -0.15) is 0 Å². The van der Waals surface area contributed by atoms with Crippen molar-refractivity contribution in [2.45, 2.75) is 24.5 Å². The van der Waals surface area contributed by atoms with Crippen LogP contribution in [0, 0.1) is 0 Å². The molecule has 2 unspecified atom stereocenters. The van der Waals surface area contributed by atoms with Gasteiger partial charge in [0.2, 0.25) is 0 Å². The van der Waals surface area contributed by atoms with Crippen molar-refractivity contribution in [2.75, 3.05) is 18.1 Å². The Morgan fingerprint density at radius 2 is 1.26 bits per heavy atom. The van der Waals surface area contributed by atoms with Gasteiger partial charge >= 0.3 is 0 Å². The Hall–Kier alpha value is -4.78. The number of para-hydroxylation sites is 1. The molecule has 0 saturated heterocycles. The summed E-state index contributed by atoms with van der Waals surface area (Å²) in [5.74, 6) is 1.46. The van der Waals surface area contributed by atoms with Crippen molar-refractivity contribution in [3.63, 3.8) is 0 Å². The van der Waals surface area contributed by atoms with E-state index in [4.69, 9.17) is 14.2 Å². The van der Waals surface area contributed by atoms with Crippen LogP contribution >= 0.6 is 0 Å². The van der Waals surface area contributed by atoms with Crippen LogP contribution in [0.4, 0.5) is 5.69 Å². The topological polar surface area (TPSA) is 71.4 Å². The highest BCUT2D eigenvalue weighted by molar-refractivity contribution is 5.70. The van der Waals surface area contributed by atoms with Crippen LogP contribution < -0.4 is 19.1 Å². The molecule has 6 heteroatoms. The van der Waals surface area contributed by atoms with Crippen molar-refractivity contribution in [3.8, 4) is 17.2 Å². The van der Waals surface area contributed by atoms with Gasteiger partial charge in [0.1, 0.15) is 25.6 Å². The van der Waals surface area contributed by atoms with E-state index in [0.29, 0.717) is 41.6 Å². The molecule has 42 heavy (non-hydrogen) atoms. The predicted molar refractivity (Wildman–Crippen MR) is 161 cm³/mol. The van der Waals surface area contributed by atoms with Gasteiger partial charge in [0.15, 0.2) is 23.3 Å². The van der Waals surface area contributed by atoms with Crippen LogP contribution in [0.3, 0.4) is 0 Å². The molecule has 0 radical (unpaired) electrons. The molecule has 0 bridgehead atoms. The molecule has 0 spiro atoms. The van der Waals surface area contributed by atoms with Crippen LogP contribution in [0.1, 0.15) is 33.9 Å². The van der Waals surface area contributed by atoms with E-state index in [2.05, 4.69) is 0 Å². The number of rotatable bonds is 7. The largest absolute Gasteiger partial charge is 0.488 e. The number of anilines is 1. The molecule has 0 amide bonds. The lowest BCUT2D eigenvalue weighted by molar-refractivity contribution is -0.0425. The van der Waals surface area contributed by atoms with Crippen molar-refractivity contribution in [1.29, 1.82) is 0 Å². The minimum absolute atomic E-state index is 0.279. The molecule has 0 saturated carbocycles. The van der Waals surface area contributed by atoms with Gasteiger partial charge in [-0.05, 0) is 28.8 Å². The van der Waals surface area contributed by atoms with E-state index in [-0.39, 0.29) is 12.6 Å². The van der Waals surface area contributed by atoms with Crippen LogP contribution in [0.5, 0.6) is 17.2 Å². The molecule has 5 aromatic rings. The van der Waals surface area contributed by atoms with E-state index in [0.717, 1.165) is 22.4 Å². The summed E-state index contributed by atoms with van der Waals surface area (Å²) in [4.78, 5) is 1.90. The zero-order chi connectivity index (χ0) is 28.5. The number of hydrogen-bond donors (Lipinski definition) is 2. The molecule has 2 heterocycles. The Bertz CT molecular complexity index is 1640. The molecular formula is C36H31NO5. The highest BCUT2D eigenvalue weighted by Crippen LogP contribution is 2.54. The van der Waals surface area contributed by atoms with Crippen molar-refractivity contribution in [1.82, 2.24) is 0 Å². The number of hydrogen-bond acceptors (Lipinski definition) is 6. The number of aliphatic hydroxyl groups is 2. The summed E-state index contributed by atoms with van der Waals surface area (Å²) in [6, 6.07) is 40.7. The van der Waals surface area contributed by atoms with Crippen LogP contribution in [-0.4, -0.2) is 29.7 Å². The van der Waals surface area contributed by atoms with E-state index >= 15 is 0 Å². The summed E-state index contributed by atoms with van der Waals surface area (Å²) in [5, 5.41) is 25.1. The lowest BCUT2D eigenvalue weighted by atomic mass is 9.85. The Labute approximate surface area is 245 Å². The van der Waals surface area contributed by atoms with Crippen molar-refractivity contribution < 1.29 is 24.4 Å². The van der Waals surface area contributed by atoms with E-state index in [1.807, 2.05) is 120 Å². The monoisotopic (exact) mass is 557 g/mol. The van der Waals surface area contributed by atoms with E-state index in [1.54, 1.807) is 12.1 Å². The highest BCUT2D eigenvalue weighted by Gasteiger charge is 2.54. The average molecular weight is 558 g/mol. The first-order valence-corrected chi connectivity index (χ1v) is 14.1. The molecule has 0 aromatic heterocycles. The fourth-order valence-corrected chi connectivity index (χ4v) is 6.06. The lowest BCUT2D eigenvalue weighted by Gasteiger charge is -2.38. The standard InChI is InChI=1S/C36H31NO5/c38-35-36(39,29-22-32-33(41-21-20-40-32)23-31(29)42-24-25-12-4-1-5-13-25)28-18-10-11-19-30(28)37(35)34(26-14-6-2-7-15-26)27-16-8-3-9-17-27/h1-19,22-23,34-35,38-39H,20-21,24H2. The molecule has 0 fully saturated rings. The van der Waals surface area contributed by atoms with Gasteiger partial charge in [0, 0.05) is 22.9 Å². The number of aliphatic hydroxyl groups excluding tert-OH is 1. The molecule has 210 valence electrons. The summed E-state index contributed by atoms with van der Waals surface area (Å²) in [7, 11) is 0. The average Bonchev–Trinajstić information content (AvgIpc) is 3.28. The molecule has 2 N–H and O–H groups in total. The summed E-state index contributed by atoms with van der Waals surface area (Å²) in [6.07, 6.45) is -1.36. The Morgan fingerprint density at radius 3 is 1.90 bits per heavy atom. The second kappa shape index (κ2) is 10.9. The molecule has 6 nitrogen and oxygen atoms in total. The fraction of sp³-hybridized carbons (Fsp3) is 0.167. The summed E-state index contributed by atoms with van der Waals surface area (Å²) >= 11 is 0. The first-order valence-electron chi connectivity index (χ1n) is 14.1. The number of fused-ring (bicyclic) bond motifs is 2. The van der Waals surface area contributed by atoms with E-state index in [1.165, 1.54) is 0 Å². The highest BCUT2D eigenvalue weighted by atomic mass is 16.6. The summed E-state index contributed by atoms with van der Waals surface area (Å²) in [5.41, 5.74) is 2.83. The van der Waals surface area contributed by atoms with Gasteiger partial charge in [0.25, 0.3) is 0 Å². The molecule has 2 atom stereocenters. The maximum absolute atomic E-state index is 12.8. The first kappa shape index (κ1) is 26.1. The van der Waals surface area contributed by atoms with Crippen LogP contribution in [0.2, 0.25) is 0 Å². The Morgan fingerprint density at radius 1 is 0.714 bits per heavy atom. The van der Waals surface area contributed by atoms with Crippen molar-refractivity contribution >= 4 is 5.69 Å². The molecular weight excluding hydrogens is 526 g/mol. The Kier molecular flexibility index (Phi) is 6.78. The van der Waals surface area contributed by atoms with Gasteiger partial charge in [0.05, 0.1) is 6.04 Å². The minimum atomic E-state index is -1.85. The quantitative estimate of drug-likeness (QED) is 0.248. The normalized spacial score (nSPS) is 19.0. The first-order chi connectivity index (χ1) is 20.6. The molecule has 2 aliphatic heterocycles. The van der Waals surface area contributed by atoms with Gasteiger partial charge < -0.3 is 29.3 Å². The second-order valence-electron chi connectivity index (χ2n) is 10.6. The Balaban J connectivity index is 1.39. The van der Waals surface area contributed by atoms with Crippen molar-refractivity contribution in [2.24, 2.45) is 0 Å².